The van der Waals surface area contributed by atoms with Crippen LogP contribution in [0.5, 0.6) is 5.88 Å². The molecule has 1 saturated heterocycles. The van der Waals surface area contributed by atoms with Gasteiger partial charge in [0, 0.05) is 43.8 Å². The first-order valence-corrected chi connectivity index (χ1v) is 14.2. The predicted molar refractivity (Wildman–Crippen MR) is 160 cm³/mol. The number of aromatic nitrogens is 3. The molecular formula is C34H29F3N4O4. The third-order valence-corrected chi connectivity index (χ3v) is 8.10. The summed E-state index contributed by atoms with van der Waals surface area (Å²) in [6.07, 6.45) is -0.112. The zero-order chi connectivity index (χ0) is 32.0. The van der Waals surface area contributed by atoms with Gasteiger partial charge in [-0.3, -0.25) is 4.79 Å². The van der Waals surface area contributed by atoms with Crippen LogP contribution in [0.3, 0.4) is 0 Å². The molecule has 230 valence electrons. The topological polar surface area (TPSA) is 97.5 Å². The van der Waals surface area contributed by atoms with Crippen LogP contribution in [0, 0.1) is 29.8 Å². The number of benzene rings is 3. The van der Waals surface area contributed by atoms with Crippen molar-refractivity contribution in [1.29, 1.82) is 0 Å². The predicted octanol–water partition coefficient (Wildman–Crippen LogP) is 6.17. The number of carbonyl (C=O) groups is 2. The summed E-state index contributed by atoms with van der Waals surface area (Å²) in [4.78, 5) is 34.9. The number of β-lactam (4-membered cyclic amide) rings is 1. The largest absolute Gasteiger partial charge is 0.478 e. The quantitative estimate of drug-likeness (QED) is 0.200. The molecule has 45 heavy (non-hydrogen) atoms. The minimum absolute atomic E-state index is 0.0238. The molecule has 5 aromatic rings. The molecule has 0 bridgehead atoms. The van der Waals surface area contributed by atoms with Gasteiger partial charge in [0.15, 0.2) is 0 Å². The lowest BCUT2D eigenvalue weighted by Crippen LogP contribution is -2.59. The maximum Gasteiger partial charge on any atom is 0.335 e. The summed E-state index contributed by atoms with van der Waals surface area (Å²) < 4.78 is 52.7. The van der Waals surface area contributed by atoms with Gasteiger partial charge >= 0.3 is 5.97 Å². The number of aromatic carboxylic acids is 1. The van der Waals surface area contributed by atoms with Crippen LogP contribution in [0.25, 0.3) is 22.3 Å². The summed E-state index contributed by atoms with van der Waals surface area (Å²) >= 11 is 0. The van der Waals surface area contributed by atoms with Gasteiger partial charge in [-0.2, -0.15) is 0 Å². The lowest BCUT2D eigenvalue weighted by molar-refractivity contribution is -0.157. The number of pyridine rings is 1. The van der Waals surface area contributed by atoms with Gasteiger partial charge in [0.2, 0.25) is 11.8 Å². The van der Waals surface area contributed by atoms with Crippen molar-refractivity contribution < 1.29 is 32.6 Å². The first-order valence-electron chi connectivity index (χ1n) is 14.2. The van der Waals surface area contributed by atoms with Crippen molar-refractivity contribution in [2.24, 2.45) is 5.41 Å². The highest BCUT2D eigenvalue weighted by atomic mass is 19.1. The molecule has 8 nitrogen and oxygen atoms in total. The van der Waals surface area contributed by atoms with Gasteiger partial charge < -0.3 is 19.3 Å². The van der Waals surface area contributed by atoms with E-state index in [-0.39, 0.29) is 53.7 Å². The van der Waals surface area contributed by atoms with Crippen molar-refractivity contribution in [2.45, 2.75) is 33.4 Å². The highest BCUT2D eigenvalue weighted by Crippen LogP contribution is 2.35. The molecule has 1 unspecified atom stereocenters. The number of carbonyl (C=O) groups excluding carboxylic acids is 1. The van der Waals surface area contributed by atoms with Gasteiger partial charge in [0.05, 0.1) is 27.7 Å². The van der Waals surface area contributed by atoms with E-state index in [1.807, 2.05) is 6.92 Å². The number of amides is 1. The standard InChI is InChI=1S/C34H29F3N4O4/c1-19-7-8-21(24(35)11-19)16-45-31-6-4-5-27(39-31)23-15-25(36)22(12-26(23)37)14-30-38-28-10-9-20(32(42)43)13-29(28)41(30)18-34(2)17-40(3)33(34)44/h4-13,15H,14,16-18H2,1-3H3,(H,42,43). The second kappa shape index (κ2) is 11.4. The summed E-state index contributed by atoms with van der Waals surface area (Å²) in [5.74, 6) is -2.54. The minimum atomic E-state index is -1.12. The number of rotatable bonds is 9. The van der Waals surface area contributed by atoms with Gasteiger partial charge in [-0.15, -0.1) is 0 Å². The van der Waals surface area contributed by atoms with Crippen LogP contribution in [0.1, 0.15) is 39.8 Å². The monoisotopic (exact) mass is 614 g/mol. The number of hydrogen-bond acceptors (Lipinski definition) is 5. The van der Waals surface area contributed by atoms with Crippen molar-refractivity contribution in [1.82, 2.24) is 19.4 Å². The summed E-state index contributed by atoms with van der Waals surface area (Å²) in [6, 6.07) is 16.0. The van der Waals surface area contributed by atoms with E-state index in [0.717, 1.165) is 17.7 Å². The SMILES string of the molecule is Cc1ccc(COc2cccc(-c3cc(F)c(Cc4nc5ccc(C(=O)O)cc5n4CC4(C)CN(C)C4=O)cc3F)n2)c(F)c1. The Labute approximate surface area is 256 Å². The first-order chi connectivity index (χ1) is 21.4. The lowest BCUT2D eigenvalue weighted by Gasteiger charge is -2.45. The first kappa shape index (κ1) is 29.9. The molecule has 11 heteroatoms. The van der Waals surface area contributed by atoms with Crippen molar-refractivity contribution in [3.05, 3.63) is 112 Å². The molecule has 0 aliphatic carbocycles. The number of likely N-dealkylation sites (tertiary alicyclic amines) is 1. The Balaban J connectivity index is 1.30. The molecule has 1 amide bonds. The summed E-state index contributed by atoms with van der Waals surface area (Å²) in [6.45, 7) is 4.17. The van der Waals surface area contributed by atoms with Crippen molar-refractivity contribution >= 4 is 22.9 Å². The van der Waals surface area contributed by atoms with Gasteiger partial charge in [-0.1, -0.05) is 18.2 Å². The third kappa shape index (κ3) is 5.73. The van der Waals surface area contributed by atoms with Crippen LogP contribution in [0.4, 0.5) is 13.2 Å². The van der Waals surface area contributed by atoms with E-state index in [2.05, 4.69) is 9.97 Å². The number of ether oxygens (including phenoxy) is 1. The highest BCUT2D eigenvalue weighted by molar-refractivity contribution is 5.93. The Kier molecular flexibility index (Phi) is 7.56. The number of hydrogen-bond donors (Lipinski definition) is 1. The fourth-order valence-corrected chi connectivity index (χ4v) is 5.77. The average molecular weight is 615 g/mol. The zero-order valence-corrected chi connectivity index (χ0v) is 24.8. The van der Waals surface area contributed by atoms with Crippen molar-refractivity contribution in [3.63, 3.8) is 0 Å². The second-order valence-electron chi connectivity index (χ2n) is 11.7. The molecular weight excluding hydrogens is 585 g/mol. The fraction of sp³-hybridized carbons (Fsp3) is 0.235. The molecule has 1 fully saturated rings. The Morgan fingerprint density at radius 1 is 0.978 bits per heavy atom. The molecule has 0 spiro atoms. The van der Waals surface area contributed by atoms with E-state index >= 15 is 8.78 Å². The molecule has 1 N–H and O–H groups in total. The van der Waals surface area contributed by atoms with Crippen LogP contribution >= 0.6 is 0 Å². The Morgan fingerprint density at radius 3 is 2.47 bits per heavy atom. The van der Waals surface area contributed by atoms with Gasteiger partial charge in [-0.05, 0) is 67.4 Å². The van der Waals surface area contributed by atoms with Gasteiger partial charge in [0.1, 0.15) is 29.9 Å². The van der Waals surface area contributed by atoms with E-state index in [1.54, 1.807) is 53.8 Å². The summed E-state index contributed by atoms with van der Waals surface area (Å²) in [7, 11) is 1.69. The maximum atomic E-state index is 15.6. The van der Waals surface area contributed by atoms with E-state index in [4.69, 9.17) is 4.74 Å². The molecule has 1 aliphatic rings. The molecule has 0 saturated carbocycles. The Hall–Kier alpha value is -5.19. The number of carboxylic acid groups (broad SMARTS) is 1. The second-order valence-corrected chi connectivity index (χ2v) is 11.7. The van der Waals surface area contributed by atoms with Crippen molar-refractivity contribution in [3.8, 4) is 17.1 Å². The molecule has 3 heterocycles. The van der Waals surface area contributed by atoms with E-state index in [9.17, 15) is 19.1 Å². The Morgan fingerprint density at radius 2 is 1.76 bits per heavy atom. The summed E-state index contributed by atoms with van der Waals surface area (Å²) in [5.41, 5.74) is 1.43. The van der Waals surface area contributed by atoms with Crippen LogP contribution in [0.15, 0.2) is 66.7 Å². The summed E-state index contributed by atoms with van der Waals surface area (Å²) in [5, 5.41) is 9.54. The Bertz CT molecular complexity index is 1990. The van der Waals surface area contributed by atoms with Gasteiger partial charge in [-0.25, -0.2) is 27.9 Å². The third-order valence-electron chi connectivity index (χ3n) is 8.10. The highest BCUT2D eigenvalue weighted by Gasteiger charge is 2.47. The molecule has 2 aromatic heterocycles. The smallest absolute Gasteiger partial charge is 0.335 e. The number of aryl methyl sites for hydroxylation is 1. The zero-order valence-electron chi connectivity index (χ0n) is 24.8. The van der Waals surface area contributed by atoms with Crippen molar-refractivity contribution in [2.75, 3.05) is 13.6 Å². The lowest BCUT2D eigenvalue weighted by atomic mass is 9.81. The molecule has 0 radical (unpaired) electrons. The molecule has 1 aliphatic heterocycles. The fourth-order valence-electron chi connectivity index (χ4n) is 5.77. The normalized spacial score (nSPS) is 16.2. The molecule has 1 atom stereocenters. The van der Waals surface area contributed by atoms with Crippen LogP contribution < -0.4 is 4.74 Å². The van der Waals surface area contributed by atoms with Crippen LogP contribution in [-0.2, 0) is 24.4 Å². The van der Waals surface area contributed by atoms with Crippen LogP contribution in [0.2, 0.25) is 0 Å². The number of imidazole rings is 1. The number of halogens is 3. The number of fused-ring (bicyclic) bond motifs is 1. The molecule has 6 rings (SSSR count). The number of carboxylic acids is 1. The van der Waals surface area contributed by atoms with Gasteiger partial charge in [0.25, 0.3) is 0 Å². The average Bonchev–Trinajstić information content (AvgIpc) is 3.33. The van der Waals surface area contributed by atoms with E-state index in [0.29, 0.717) is 29.0 Å². The molecule has 3 aromatic carbocycles. The van der Waals surface area contributed by atoms with E-state index in [1.165, 1.54) is 24.3 Å². The van der Waals surface area contributed by atoms with E-state index < -0.39 is 28.8 Å². The number of nitrogens with zero attached hydrogens (tertiary/aromatic N) is 4. The maximum absolute atomic E-state index is 15.6. The van der Waals surface area contributed by atoms with Crippen LogP contribution in [-0.4, -0.2) is 50.0 Å². The minimum Gasteiger partial charge on any atom is -0.478 e.